The average Bonchev–Trinajstić information content (AvgIpc) is 2.93. The SMILES string of the molecule is CC(C)c1ccc(-c2cc(C(=O)N3CC[NH+](CC=Cc4ccccc4)CC3)c3ccccc3n2)cc1. The van der Waals surface area contributed by atoms with Gasteiger partial charge >= 0.3 is 0 Å². The number of pyridine rings is 1. The van der Waals surface area contributed by atoms with Crippen molar-refractivity contribution < 1.29 is 9.69 Å². The summed E-state index contributed by atoms with van der Waals surface area (Å²) >= 11 is 0. The van der Waals surface area contributed by atoms with E-state index < -0.39 is 0 Å². The summed E-state index contributed by atoms with van der Waals surface area (Å²) in [7, 11) is 0. The minimum absolute atomic E-state index is 0.104. The first-order chi connectivity index (χ1) is 17.6. The molecule has 1 amide bonds. The highest BCUT2D eigenvalue weighted by molar-refractivity contribution is 6.07. The first kappa shape index (κ1) is 24.0. The fourth-order valence-electron chi connectivity index (χ4n) is 4.87. The molecule has 1 N–H and O–H groups in total. The fourth-order valence-corrected chi connectivity index (χ4v) is 4.87. The van der Waals surface area contributed by atoms with Gasteiger partial charge in [-0.2, -0.15) is 0 Å². The second-order valence-corrected chi connectivity index (χ2v) is 9.91. The molecular formula is C32H34N3O+. The summed E-state index contributed by atoms with van der Waals surface area (Å²) < 4.78 is 0. The first-order valence-electron chi connectivity index (χ1n) is 12.9. The third-order valence-corrected chi connectivity index (χ3v) is 7.09. The lowest BCUT2D eigenvalue weighted by atomic mass is 9.99. The van der Waals surface area contributed by atoms with Gasteiger partial charge in [0, 0.05) is 10.9 Å². The monoisotopic (exact) mass is 476 g/mol. The van der Waals surface area contributed by atoms with E-state index in [9.17, 15) is 4.79 Å². The second-order valence-electron chi connectivity index (χ2n) is 9.91. The highest BCUT2D eigenvalue weighted by atomic mass is 16.2. The average molecular weight is 477 g/mol. The van der Waals surface area contributed by atoms with Gasteiger partial charge in [0.1, 0.15) is 0 Å². The number of piperazine rings is 1. The van der Waals surface area contributed by atoms with Crippen LogP contribution in [0.1, 0.15) is 41.3 Å². The molecule has 0 saturated carbocycles. The molecule has 1 saturated heterocycles. The number of hydrogen-bond acceptors (Lipinski definition) is 2. The zero-order chi connectivity index (χ0) is 24.9. The summed E-state index contributed by atoms with van der Waals surface area (Å²) in [5, 5.41) is 0.922. The van der Waals surface area contributed by atoms with Crippen molar-refractivity contribution in [1.82, 2.24) is 9.88 Å². The van der Waals surface area contributed by atoms with E-state index in [0.717, 1.165) is 60.4 Å². The summed E-state index contributed by atoms with van der Waals surface area (Å²) in [4.78, 5) is 22.1. The van der Waals surface area contributed by atoms with Crippen LogP contribution in [0.5, 0.6) is 0 Å². The van der Waals surface area contributed by atoms with E-state index >= 15 is 0 Å². The van der Waals surface area contributed by atoms with E-state index in [4.69, 9.17) is 4.98 Å². The molecular weight excluding hydrogens is 442 g/mol. The van der Waals surface area contributed by atoms with Crippen LogP contribution in [-0.4, -0.2) is 48.5 Å². The van der Waals surface area contributed by atoms with Gasteiger partial charge in [-0.25, -0.2) is 4.98 Å². The number of rotatable bonds is 6. The molecule has 0 spiro atoms. The third kappa shape index (κ3) is 5.39. The van der Waals surface area contributed by atoms with Gasteiger partial charge in [-0.1, -0.05) is 92.7 Å². The van der Waals surface area contributed by atoms with Gasteiger partial charge in [-0.3, -0.25) is 4.79 Å². The summed E-state index contributed by atoms with van der Waals surface area (Å²) in [5.74, 6) is 0.586. The smallest absolute Gasteiger partial charge is 0.255 e. The lowest BCUT2D eigenvalue weighted by Gasteiger charge is -2.32. The third-order valence-electron chi connectivity index (χ3n) is 7.09. The van der Waals surface area contributed by atoms with E-state index in [2.05, 4.69) is 74.5 Å². The largest absolute Gasteiger partial charge is 0.329 e. The Bertz CT molecular complexity index is 1350. The minimum Gasteiger partial charge on any atom is -0.329 e. The maximum Gasteiger partial charge on any atom is 0.255 e. The first-order valence-corrected chi connectivity index (χ1v) is 12.9. The Balaban J connectivity index is 1.32. The van der Waals surface area contributed by atoms with Crippen molar-refractivity contribution in [2.75, 3.05) is 32.7 Å². The zero-order valence-corrected chi connectivity index (χ0v) is 21.2. The van der Waals surface area contributed by atoms with Crippen LogP contribution in [0.15, 0.2) is 91.0 Å². The molecule has 0 unspecified atom stereocenters. The second kappa shape index (κ2) is 10.9. The minimum atomic E-state index is 0.104. The van der Waals surface area contributed by atoms with Gasteiger partial charge in [0.05, 0.1) is 49.5 Å². The predicted molar refractivity (Wildman–Crippen MR) is 148 cm³/mol. The van der Waals surface area contributed by atoms with E-state index in [0.29, 0.717) is 5.92 Å². The Morgan fingerprint density at radius 3 is 2.36 bits per heavy atom. The molecule has 0 bridgehead atoms. The van der Waals surface area contributed by atoms with Crippen molar-refractivity contribution >= 4 is 22.9 Å². The van der Waals surface area contributed by atoms with E-state index in [1.165, 1.54) is 16.0 Å². The van der Waals surface area contributed by atoms with Crippen molar-refractivity contribution in [3.63, 3.8) is 0 Å². The Kier molecular flexibility index (Phi) is 7.24. The number of quaternary nitrogens is 1. The predicted octanol–water partition coefficient (Wildman–Crippen LogP) is 5.08. The Hall–Kier alpha value is -3.76. The van der Waals surface area contributed by atoms with Crippen LogP contribution in [0.4, 0.5) is 0 Å². The van der Waals surface area contributed by atoms with E-state index in [1.807, 2.05) is 41.3 Å². The number of aromatic nitrogens is 1. The molecule has 4 aromatic rings. The van der Waals surface area contributed by atoms with Gasteiger partial charge in [0.25, 0.3) is 5.91 Å². The summed E-state index contributed by atoms with van der Waals surface area (Å²) in [5.41, 5.74) is 6.03. The van der Waals surface area contributed by atoms with Gasteiger partial charge in [-0.15, -0.1) is 0 Å². The zero-order valence-electron chi connectivity index (χ0n) is 21.2. The molecule has 4 heteroatoms. The maximum atomic E-state index is 13.7. The van der Waals surface area contributed by atoms with Crippen LogP contribution >= 0.6 is 0 Å². The summed E-state index contributed by atoms with van der Waals surface area (Å²) in [6.45, 7) is 8.81. The standard InChI is InChI=1S/C32H33N3O/c1-24(2)26-14-16-27(17-15-26)31-23-29(28-12-6-7-13-30(28)33-31)32(36)35-21-19-34(20-22-35)18-8-11-25-9-4-3-5-10-25/h3-17,23-24H,18-22H2,1-2H3/p+1. The van der Waals surface area contributed by atoms with Crippen molar-refractivity contribution in [3.8, 4) is 11.3 Å². The van der Waals surface area contributed by atoms with E-state index in [1.54, 1.807) is 0 Å². The molecule has 0 radical (unpaired) electrons. The Morgan fingerprint density at radius 2 is 1.64 bits per heavy atom. The Labute approximate surface area is 213 Å². The molecule has 5 rings (SSSR count). The van der Waals surface area contributed by atoms with Crippen molar-refractivity contribution in [3.05, 3.63) is 108 Å². The fraction of sp³-hybridized carbons (Fsp3) is 0.250. The summed E-state index contributed by atoms with van der Waals surface area (Å²) in [6.07, 6.45) is 4.43. The molecule has 4 nitrogen and oxygen atoms in total. The molecule has 1 fully saturated rings. The number of hydrogen-bond donors (Lipinski definition) is 1. The topological polar surface area (TPSA) is 37.6 Å². The molecule has 1 aromatic heterocycles. The maximum absolute atomic E-state index is 13.7. The normalized spacial score (nSPS) is 14.7. The molecule has 3 aromatic carbocycles. The molecule has 1 aliphatic heterocycles. The molecule has 182 valence electrons. The van der Waals surface area contributed by atoms with Crippen molar-refractivity contribution in [2.24, 2.45) is 0 Å². The molecule has 2 heterocycles. The molecule has 1 aliphatic rings. The van der Waals surface area contributed by atoms with Gasteiger partial charge in [-0.05, 0) is 35.3 Å². The van der Waals surface area contributed by atoms with Gasteiger partial charge in [0.15, 0.2) is 0 Å². The summed E-state index contributed by atoms with van der Waals surface area (Å²) in [6, 6.07) is 28.9. The molecule has 0 atom stereocenters. The van der Waals surface area contributed by atoms with Crippen molar-refractivity contribution in [1.29, 1.82) is 0 Å². The van der Waals surface area contributed by atoms with Crippen LogP contribution < -0.4 is 4.90 Å². The van der Waals surface area contributed by atoms with Gasteiger partial charge < -0.3 is 9.80 Å². The molecule has 36 heavy (non-hydrogen) atoms. The number of amides is 1. The lowest BCUT2D eigenvalue weighted by Crippen LogP contribution is -3.14. The van der Waals surface area contributed by atoms with Crippen LogP contribution in [0.2, 0.25) is 0 Å². The number of para-hydroxylation sites is 1. The number of carbonyl (C=O) groups excluding carboxylic acids is 1. The van der Waals surface area contributed by atoms with Crippen LogP contribution in [0, 0.1) is 0 Å². The van der Waals surface area contributed by atoms with Crippen LogP contribution in [0.3, 0.4) is 0 Å². The van der Waals surface area contributed by atoms with Crippen LogP contribution in [-0.2, 0) is 0 Å². The number of nitrogens with zero attached hydrogens (tertiary/aromatic N) is 2. The highest BCUT2D eigenvalue weighted by Gasteiger charge is 2.25. The van der Waals surface area contributed by atoms with Crippen molar-refractivity contribution in [2.45, 2.75) is 19.8 Å². The number of carbonyl (C=O) groups is 1. The highest BCUT2D eigenvalue weighted by Crippen LogP contribution is 2.27. The number of nitrogens with one attached hydrogen (secondary N) is 1. The Morgan fingerprint density at radius 1 is 0.944 bits per heavy atom. The quantitative estimate of drug-likeness (QED) is 0.421. The number of fused-ring (bicyclic) bond motifs is 1. The van der Waals surface area contributed by atoms with Crippen LogP contribution in [0.25, 0.3) is 28.2 Å². The van der Waals surface area contributed by atoms with E-state index in [-0.39, 0.29) is 5.91 Å². The lowest BCUT2D eigenvalue weighted by molar-refractivity contribution is -0.898. The number of benzene rings is 3. The van der Waals surface area contributed by atoms with Gasteiger partial charge in [0.2, 0.25) is 0 Å². The molecule has 0 aliphatic carbocycles.